The molecule has 0 aliphatic carbocycles. The van der Waals surface area contributed by atoms with E-state index in [0.29, 0.717) is 5.92 Å². The molecule has 1 aromatic rings. The van der Waals surface area contributed by atoms with Gasteiger partial charge in [0.1, 0.15) is 0 Å². The van der Waals surface area contributed by atoms with Crippen LogP contribution in [-0.4, -0.2) is 32.7 Å². The zero-order chi connectivity index (χ0) is 13.6. The Kier molecular flexibility index (Phi) is 5.71. The molecule has 0 saturated carbocycles. The Morgan fingerprint density at radius 2 is 2.00 bits per heavy atom. The van der Waals surface area contributed by atoms with Crippen molar-refractivity contribution in [2.24, 2.45) is 5.92 Å². The second-order valence-electron chi connectivity index (χ2n) is 4.30. The molecule has 102 valence electrons. The molecule has 2 N–H and O–H groups in total. The zero-order valence-electron chi connectivity index (χ0n) is 10.3. The van der Waals surface area contributed by atoms with Crippen molar-refractivity contribution >= 4 is 10.1 Å². The molecule has 1 aliphatic rings. The van der Waals surface area contributed by atoms with Crippen LogP contribution in [0.5, 0.6) is 0 Å². The van der Waals surface area contributed by atoms with E-state index in [-0.39, 0.29) is 11.6 Å². The Balaban J connectivity index is 0.000000199. The Hall–Kier alpha value is -0.980. The van der Waals surface area contributed by atoms with E-state index in [9.17, 15) is 12.8 Å². The van der Waals surface area contributed by atoms with Crippen LogP contribution >= 0.6 is 0 Å². The highest BCUT2D eigenvalue weighted by molar-refractivity contribution is 7.85. The van der Waals surface area contributed by atoms with E-state index in [0.717, 1.165) is 25.1 Å². The van der Waals surface area contributed by atoms with Gasteiger partial charge in [0, 0.05) is 12.5 Å². The maximum Gasteiger partial charge on any atom is 0.294 e. The molecular weight excluding hydrogens is 257 g/mol. The second kappa shape index (κ2) is 6.82. The van der Waals surface area contributed by atoms with Gasteiger partial charge in [0.05, 0.1) is 11.6 Å². The molecule has 1 aromatic carbocycles. The lowest BCUT2D eigenvalue weighted by Crippen LogP contribution is -2.09. The molecule has 1 saturated heterocycles. The van der Waals surface area contributed by atoms with Gasteiger partial charge in [0.15, 0.2) is 0 Å². The van der Waals surface area contributed by atoms with Gasteiger partial charge in [-0.3, -0.25) is 8.94 Å². The van der Waals surface area contributed by atoms with Gasteiger partial charge in [-0.05, 0) is 32.0 Å². The molecule has 18 heavy (non-hydrogen) atoms. The maximum absolute atomic E-state index is 11.7. The molecular formula is C12H18FNO3S. The van der Waals surface area contributed by atoms with E-state index >= 15 is 0 Å². The van der Waals surface area contributed by atoms with Crippen molar-refractivity contribution in [1.82, 2.24) is 5.32 Å². The molecule has 0 bridgehead atoms. The molecule has 2 rings (SSSR count). The van der Waals surface area contributed by atoms with Crippen LogP contribution in [-0.2, 0) is 10.1 Å². The molecule has 0 amide bonds. The Bertz CT molecular complexity index is 453. The Morgan fingerprint density at radius 3 is 2.33 bits per heavy atom. The highest BCUT2D eigenvalue weighted by Crippen LogP contribution is 2.08. The summed E-state index contributed by atoms with van der Waals surface area (Å²) < 4.78 is 41.2. The fourth-order valence-corrected chi connectivity index (χ4v) is 2.04. The Morgan fingerprint density at radius 1 is 1.39 bits per heavy atom. The van der Waals surface area contributed by atoms with E-state index in [4.69, 9.17) is 4.55 Å². The lowest BCUT2D eigenvalue weighted by Gasteiger charge is -1.95. The first-order chi connectivity index (χ1) is 8.43. The predicted molar refractivity (Wildman–Crippen MR) is 67.9 cm³/mol. The van der Waals surface area contributed by atoms with Crippen LogP contribution in [0.4, 0.5) is 4.39 Å². The van der Waals surface area contributed by atoms with Gasteiger partial charge in [-0.1, -0.05) is 17.7 Å². The third-order valence-corrected chi connectivity index (χ3v) is 3.57. The maximum atomic E-state index is 11.7. The second-order valence-corrected chi connectivity index (χ2v) is 5.72. The number of benzene rings is 1. The molecule has 4 nitrogen and oxygen atoms in total. The summed E-state index contributed by atoms with van der Waals surface area (Å²) in [4.78, 5) is -0.0666. The van der Waals surface area contributed by atoms with Gasteiger partial charge in [-0.2, -0.15) is 8.42 Å². The zero-order valence-corrected chi connectivity index (χ0v) is 11.1. The number of nitrogens with one attached hydrogen (secondary N) is 1. The molecule has 1 aliphatic heterocycles. The summed E-state index contributed by atoms with van der Waals surface area (Å²) in [6, 6.07) is 5.99. The van der Waals surface area contributed by atoms with Crippen LogP contribution < -0.4 is 5.32 Å². The van der Waals surface area contributed by atoms with Crippen LogP contribution in [0.15, 0.2) is 29.2 Å². The first kappa shape index (κ1) is 15.1. The minimum atomic E-state index is -4.02. The van der Waals surface area contributed by atoms with E-state index < -0.39 is 10.1 Å². The fourth-order valence-electron chi connectivity index (χ4n) is 1.56. The minimum Gasteiger partial charge on any atom is -0.316 e. The molecule has 0 aromatic heterocycles. The number of aryl methyl sites for hydroxylation is 1. The van der Waals surface area contributed by atoms with Crippen LogP contribution in [0.25, 0.3) is 0 Å². The van der Waals surface area contributed by atoms with Crippen molar-refractivity contribution in [3.8, 4) is 0 Å². The molecule has 6 heteroatoms. The normalized spacial score (nSPS) is 19.2. The van der Waals surface area contributed by atoms with Crippen molar-refractivity contribution in [2.75, 3.05) is 19.8 Å². The predicted octanol–water partition coefficient (Wildman–Crippen LogP) is 1.81. The van der Waals surface area contributed by atoms with Gasteiger partial charge in [-0.15, -0.1) is 0 Å². The summed E-state index contributed by atoms with van der Waals surface area (Å²) >= 11 is 0. The smallest absolute Gasteiger partial charge is 0.294 e. The van der Waals surface area contributed by atoms with Gasteiger partial charge in [0.2, 0.25) is 0 Å². The first-order valence-electron chi connectivity index (χ1n) is 5.74. The average Bonchev–Trinajstić information content (AvgIpc) is 2.82. The number of hydrogen-bond donors (Lipinski definition) is 2. The van der Waals surface area contributed by atoms with E-state index in [2.05, 4.69) is 5.32 Å². The molecule has 1 unspecified atom stereocenters. The quantitative estimate of drug-likeness (QED) is 0.808. The highest BCUT2D eigenvalue weighted by Gasteiger charge is 2.12. The van der Waals surface area contributed by atoms with Crippen molar-refractivity contribution in [3.63, 3.8) is 0 Å². The molecule has 1 fully saturated rings. The van der Waals surface area contributed by atoms with E-state index in [1.165, 1.54) is 12.1 Å². The summed E-state index contributed by atoms with van der Waals surface area (Å²) in [6.07, 6.45) is 1.02. The molecule has 1 atom stereocenters. The standard InChI is InChI=1S/C7H8O3S.C5H10FN/c1-6-2-4-7(5-3-6)11(8,9)10;6-3-5-1-2-7-4-5/h2-5H,1H3,(H,8,9,10);5,7H,1-4H2. The van der Waals surface area contributed by atoms with Crippen LogP contribution in [0.2, 0.25) is 0 Å². The summed E-state index contributed by atoms with van der Waals surface area (Å²) in [6.45, 7) is 3.59. The number of alkyl halides is 1. The monoisotopic (exact) mass is 275 g/mol. The first-order valence-corrected chi connectivity index (χ1v) is 7.18. The summed E-state index contributed by atoms with van der Waals surface area (Å²) in [5, 5.41) is 3.08. The molecule has 0 radical (unpaired) electrons. The summed E-state index contributed by atoms with van der Waals surface area (Å²) in [5.41, 5.74) is 0.956. The average molecular weight is 275 g/mol. The van der Waals surface area contributed by atoms with Crippen molar-refractivity contribution in [1.29, 1.82) is 0 Å². The van der Waals surface area contributed by atoms with Gasteiger partial charge < -0.3 is 5.32 Å². The summed E-state index contributed by atoms with van der Waals surface area (Å²) in [7, 11) is -4.02. The number of halogens is 1. The third-order valence-electron chi connectivity index (χ3n) is 2.70. The third kappa shape index (κ3) is 5.12. The SMILES string of the molecule is Cc1ccc(S(=O)(=O)O)cc1.FCC1CCNC1. The molecule has 0 spiro atoms. The molecule has 1 heterocycles. The van der Waals surface area contributed by atoms with Crippen molar-refractivity contribution in [3.05, 3.63) is 29.8 Å². The largest absolute Gasteiger partial charge is 0.316 e. The Labute approximate surface area is 107 Å². The number of rotatable bonds is 2. The lowest BCUT2D eigenvalue weighted by molar-refractivity contribution is 0.382. The van der Waals surface area contributed by atoms with Gasteiger partial charge >= 0.3 is 0 Å². The van der Waals surface area contributed by atoms with Gasteiger partial charge in [0.25, 0.3) is 10.1 Å². The summed E-state index contributed by atoms with van der Waals surface area (Å²) in [5.74, 6) is 0.319. The fraction of sp³-hybridized carbons (Fsp3) is 0.500. The van der Waals surface area contributed by atoms with Crippen LogP contribution in [0.3, 0.4) is 0 Å². The van der Waals surface area contributed by atoms with Crippen LogP contribution in [0, 0.1) is 12.8 Å². The minimum absolute atomic E-state index is 0.0666. The number of hydrogen-bond acceptors (Lipinski definition) is 3. The van der Waals surface area contributed by atoms with Crippen molar-refractivity contribution in [2.45, 2.75) is 18.2 Å². The van der Waals surface area contributed by atoms with Crippen molar-refractivity contribution < 1.29 is 17.4 Å². The highest BCUT2D eigenvalue weighted by atomic mass is 32.2. The lowest BCUT2D eigenvalue weighted by atomic mass is 10.1. The van der Waals surface area contributed by atoms with Crippen LogP contribution in [0.1, 0.15) is 12.0 Å². The topological polar surface area (TPSA) is 66.4 Å². The van der Waals surface area contributed by atoms with E-state index in [1.807, 2.05) is 6.92 Å². The van der Waals surface area contributed by atoms with E-state index in [1.54, 1.807) is 12.1 Å². The van der Waals surface area contributed by atoms with Gasteiger partial charge in [-0.25, -0.2) is 0 Å².